The van der Waals surface area contributed by atoms with Crippen molar-refractivity contribution in [2.45, 2.75) is 32.6 Å². The zero-order valence-corrected chi connectivity index (χ0v) is 16.3. The van der Waals surface area contributed by atoms with E-state index in [2.05, 4.69) is 15.5 Å². The summed E-state index contributed by atoms with van der Waals surface area (Å²) < 4.78 is 11.0. The Labute approximate surface area is 163 Å². The predicted octanol–water partition coefficient (Wildman–Crippen LogP) is 3.77. The number of amides is 2. The number of hydrogen-bond acceptors (Lipinski definition) is 5. The summed E-state index contributed by atoms with van der Waals surface area (Å²) in [6, 6.07) is 5.43. The van der Waals surface area contributed by atoms with Gasteiger partial charge in [-0.3, -0.25) is 0 Å². The first-order valence-corrected chi connectivity index (χ1v) is 9.55. The summed E-state index contributed by atoms with van der Waals surface area (Å²) in [5.41, 5.74) is 1.57. The molecule has 2 amide bonds. The highest BCUT2D eigenvalue weighted by Gasteiger charge is 2.51. The molecular formula is C19H23ClN4O3. The number of carbonyl (C=O) groups excluding carboxylic acids is 1. The number of benzene rings is 1. The Morgan fingerprint density at radius 1 is 1.33 bits per heavy atom. The van der Waals surface area contributed by atoms with Crippen molar-refractivity contribution < 1.29 is 14.1 Å². The number of hydrogen-bond donors (Lipinski definition) is 1. The second-order valence-corrected chi connectivity index (χ2v) is 7.91. The molecule has 1 spiro atoms. The lowest BCUT2D eigenvalue weighted by atomic mass is 9.72. The average Bonchev–Trinajstić information content (AvgIpc) is 3.22. The summed E-state index contributed by atoms with van der Waals surface area (Å²) in [5.74, 6) is 1.24. The van der Waals surface area contributed by atoms with E-state index >= 15 is 0 Å². The van der Waals surface area contributed by atoms with Gasteiger partial charge in [-0.1, -0.05) is 22.8 Å². The number of aromatic nitrogens is 2. The van der Waals surface area contributed by atoms with E-state index in [9.17, 15) is 4.79 Å². The maximum Gasteiger partial charge on any atom is 0.321 e. The SMILES string of the molecule is Cc1ccc(NC(=O)N2CC(c3nc(C)no3)C3(CCOCC3)C2)c(Cl)c1. The van der Waals surface area contributed by atoms with Crippen LogP contribution in [0.1, 0.15) is 36.0 Å². The van der Waals surface area contributed by atoms with Gasteiger partial charge in [0, 0.05) is 31.7 Å². The van der Waals surface area contributed by atoms with Crippen LogP contribution in [0.5, 0.6) is 0 Å². The fourth-order valence-electron chi connectivity index (χ4n) is 4.12. The van der Waals surface area contributed by atoms with Gasteiger partial charge in [-0.15, -0.1) is 0 Å². The van der Waals surface area contributed by atoms with Crippen molar-refractivity contribution in [3.8, 4) is 0 Å². The van der Waals surface area contributed by atoms with Gasteiger partial charge in [-0.25, -0.2) is 4.79 Å². The minimum Gasteiger partial charge on any atom is -0.381 e. The molecule has 0 saturated carbocycles. The van der Waals surface area contributed by atoms with E-state index < -0.39 is 0 Å². The monoisotopic (exact) mass is 390 g/mol. The van der Waals surface area contributed by atoms with Gasteiger partial charge >= 0.3 is 6.03 Å². The molecule has 0 bridgehead atoms. The van der Waals surface area contributed by atoms with Crippen LogP contribution in [-0.2, 0) is 4.74 Å². The molecule has 8 heteroatoms. The van der Waals surface area contributed by atoms with Gasteiger partial charge in [-0.05, 0) is 44.4 Å². The second-order valence-electron chi connectivity index (χ2n) is 7.50. The fourth-order valence-corrected chi connectivity index (χ4v) is 4.40. The quantitative estimate of drug-likeness (QED) is 0.844. The van der Waals surface area contributed by atoms with Crippen LogP contribution in [0, 0.1) is 19.3 Å². The van der Waals surface area contributed by atoms with Gasteiger partial charge in [0.05, 0.1) is 16.6 Å². The van der Waals surface area contributed by atoms with Crippen LogP contribution in [0.2, 0.25) is 5.02 Å². The number of halogens is 1. The summed E-state index contributed by atoms with van der Waals surface area (Å²) >= 11 is 6.27. The molecule has 0 radical (unpaired) electrons. The van der Waals surface area contributed by atoms with Crippen LogP contribution in [0.4, 0.5) is 10.5 Å². The van der Waals surface area contributed by atoms with Crippen molar-refractivity contribution in [2.24, 2.45) is 5.41 Å². The van der Waals surface area contributed by atoms with Crippen LogP contribution in [0.3, 0.4) is 0 Å². The van der Waals surface area contributed by atoms with E-state index in [0.717, 1.165) is 18.4 Å². The van der Waals surface area contributed by atoms with Crippen LogP contribution >= 0.6 is 11.6 Å². The zero-order valence-electron chi connectivity index (χ0n) is 15.5. The van der Waals surface area contributed by atoms with E-state index in [4.69, 9.17) is 20.9 Å². The molecule has 2 aliphatic rings. The van der Waals surface area contributed by atoms with E-state index in [1.165, 1.54) is 0 Å². The standard InChI is InChI=1S/C19H23ClN4O3/c1-12-3-4-16(15(20)9-12)22-18(25)24-10-14(17-21-13(2)23-27-17)19(11-24)5-7-26-8-6-19/h3-4,9,14H,5-8,10-11H2,1-2H3,(H,22,25). The van der Waals surface area contributed by atoms with Crippen molar-refractivity contribution >= 4 is 23.3 Å². The van der Waals surface area contributed by atoms with Crippen molar-refractivity contribution in [3.63, 3.8) is 0 Å². The molecule has 1 aromatic heterocycles. The number of rotatable bonds is 2. The summed E-state index contributed by atoms with van der Waals surface area (Å²) in [5, 5.41) is 7.41. The molecule has 2 aromatic rings. The molecule has 1 unspecified atom stereocenters. The van der Waals surface area contributed by atoms with E-state index in [-0.39, 0.29) is 17.4 Å². The molecule has 1 N–H and O–H groups in total. The number of carbonyl (C=O) groups is 1. The van der Waals surface area contributed by atoms with Gasteiger partial charge in [0.1, 0.15) is 0 Å². The van der Waals surface area contributed by atoms with E-state index in [1.54, 1.807) is 0 Å². The van der Waals surface area contributed by atoms with Gasteiger partial charge in [0.2, 0.25) is 5.89 Å². The van der Waals surface area contributed by atoms with E-state index in [0.29, 0.717) is 48.7 Å². The van der Waals surface area contributed by atoms with Gasteiger partial charge in [0.25, 0.3) is 0 Å². The Morgan fingerprint density at radius 3 is 2.78 bits per heavy atom. The Balaban J connectivity index is 1.56. The number of ether oxygens (including phenoxy) is 1. The van der Waals surface area contributed by atoms with Crippen LogP contribution < -0.4 is 5.32 Å². The maximum absolute atomic E-state index is 12.9. The van der Waals surface area contributed by atoms with Crippen molar-refractivity contribution in [1.82, 2.24) is 15.0 Å². The largest absolute Gasteiger partial charge is 0.381 e. The first-order chi connectivity index (χ1) is 13.0. The molecule has 2 aliphatic heterocycles. The smallest absolute Gasteiger partial charge is 0.321 e. The predicted molar refractivity (Wildman–Crippen MR) is 101 cm³/mol. The molecule has 144 valence electrons. The molecule has 1 aromatic carbocycles. The summed E-state index contributed by atoms with van der Waals surface area (Å²) in [6.45, 7) is 6.31. The highest BCUT2D eigenvalue weighted by molar-refractivity contribution is 6.33. The van der Waals surface area contributed by atoms with Crippen molar-refractivity contribution in [1.29, 1.82) is 0 Å². The summed E-state index contributed by atoms with van der Waals surface area (Å²) in [7, 11) is 0. The first-order valence-electron chi connectivity index (χ1n) is 9.17. The van der Waals surface area contributed by atoms with Crippen molar-refractivity contribution in [2.75, 3.05) is 31.6 Å². The fraction of sp³-hybridized carbons (Fsp3) is 0.526. The number of nitrogens with one attached hydrogen (secondary N) is 1. The molecule has 1 atom stereocenters. The highest BCUT2D eigenvalue weighted by Crippen LogP contribution is 2.49. The molecule has 2 saturated heterocycles. The molecule has 0 aliphatic carbocycles. The third-order valence-corrected chi connectivity index (χ3v) is 5.94. The van der Waals surface area contributed by atoms with Gasteiger partial charge in [-0.2, -0.15) is 4.98 Å². The van der Waals surface area contributed by atoms with Crippen LogP contribution in [0.15, 0.2) is 22.7 Å². The number of nitrogens with zero attached hydrogens (tertiary/aromatic N) is 3. The lowest BCUT2D eigenvalue weighted by Gasteiger charge is -2.36. The minimum absolute atomic E-state index is 0.0156. The third-order valence-electron chi connectivity index (χ3n) is 5.63. The number of anilines is 1. The number of urea groups is 1. The Bertz CT molecular complexity index is 847. The summed E-state index contributed by atoms with van der Waals surface area (Å²) in [4.78, 5) is 19.2. The second kappa shape index (κ2) is 7.13. The topological polar surface area (TPSA) is 80.5 Å². The van der Waals surface area contributed by atoms with Crippen LogP contribution in [0.25, 0.3) is 0 Å². The number of likely N-dealkylation sites (tertiary alicyclic amines) is 1. The summed E-state index contributed by atoms with van der Waals surface area (Å²) in [6.07, 6.45) is 1.74. The lowest BCUT2D eigenvalue weighted by Crippen LogP contribution is -2.38. The zero-order chi connectivity index (χ0) is 19.0. The lowest BCUT2D eigenvalue weighted by molar-refractivity contribution is 0.00959. The first kappa shape index (κ1) is 18.3. The molecule has 2 fully saturated rings. The highest BCUT2D eigenvalue weighted by atomic mass is 35.5. The Kier molecular flexibility index (Phi) is 4.82. The average molecular weight is 391 g/mol. The normalized spacial score (nSPS) is 21.6. The maximum atomic E-state index is 12.9. The Hall–Kier alpha value is -2.12. The molecule has 4 rings (SSSR count). The van der Waals surface area contributed by atoms with E-state index in [1.807, 2.05) is 36.9 Å². The van der Waals surface area contributed by atoms with Gasteiger partial charge < -0.3 is 19.5 Å². The van der Waals surface area contributed by atoms with Crippen LogP contribution in [-0.4, -0.2) is 47.4 Å². The molecule has 7 nitrogen and oxygen atoms in total. The molecular weight excluding hydrogens is 368 g/mol. The third kappa shape index (κ3) is 3.53. The minimum atomic E-state index is -0.162. The number of aryl methyl sites for hydroxylation is 2. The Morgan fingerprint density at radius 2 is 2.11 bits per heavy atom. The molecule has 27 heavy (non-hydrogen) atoms. The van der Waals surface area contributed by atoms with Crippen molar-refractivity contribution in [3.05, 3.63) is 40.5 Å². The van der Waals surface area contributed by atoms with Gasteiger partial charge in [0.15, 0.2) is 5.82 Å². The molecule has 3 heterocycles.